The molecular formula is C23H28N2O3. The highest BCUT2D eigenvalue weighted by atomic mass is 16.5. The lowest BCUT2D eigenvalue weighted by molar-refractivity contribution is -0.136. The van der Waals surface area contributed by atoms with Crippen molar-refractivity contribution in [2.45, 2.75) is 26.7 Å². The standard InChI is InChI=1S/C23H28N2O3/c1-23(2)19-10-9-17(21(26)28-3)13-20(19)25(22(23)27)15-16-11-12-24(14-16)18-7-5-4-6-8-18/h4-9,13,16,19H,10-12,14-15H2,1-3H3. The van der Waals surface area contributed by atoms with E-state index in [1.165, 1.54) is 12.8 Å². The summed E-state index contributed by atoms with van der Waals surface area (Å²) in [5, 5.41) is 0. The van der Waals surface area contributed by atoms with Crippen molar-refractivity contribution in [3.8, 4) is 0 Å². The molecule has 5 nitrogen and oxygen atoms in total. The minimum atomic E-state index is -0.443. The molecular weight excluding hydrogens is 352 g/mol. The van der Waals surface area contributed by atoms with Crippen molar-refractivity contribution in [2.24, 2.45) is 17.3 Å². The zero-order valence-corrected chi connectivity index (χ0v) is 16.9. The number of esters is 1. The smallest absolute Gasteiger partial charge is 0.337 e. The second-order valence-corrected chi connectivity index (χ2v) is 8.58. The molecule has 2 saturated heterocycles. The van der Waals surface area contributed by atoms with Gasteiger partial charge in [0.15, 0.2) is 0 Å². The first-order chi connectivity index (χ1) is 13.4. The maximum atomic E-state index is 13.2. The second-order valence-electron chi connectivity index (χ2n) is 8.58. The van der Waals surface area contributed by atoms with Gasteiger partial charge in [0.05, 0.1) is 18.1 Å². The van der Waals surface area contributed by atoms with Gasteiger partial charge < -0.3 is 14.5 Å². The highest BCUT2D eigenvalue weighted by molar-refractivity contribution is 5.94. The molecule has 2 heterocycles. The van der Waals surface area contributed by atoms with Crippen LogP contribution in [0.1, 0.15) is 26.7 Å². The second kappa shape index (κ2) is 7.12. The van der Waals surface area contributed by atoms with Crippen LogP contribution in [-0.4, -0.2) is 43.5 Å². The van der Waals surface area contributed by atoms with Gasteiger partial charge >= 0.3 is 5.97 Å². The molecule has 1 aromatic carbocycles. The Balaban J connectivity index is 1.53. The Bertz CT molecular complexity index is 841. The molecule has 2 unspecified atom stereocenters. The van der Waals surface area contributed by atoms with Gasteiger partial charge in [-0.15, -0.1) is 0 Å². The molecule has 5 heteroatoms. The molecule has 0 aromatic heterocycles. The number of para-hydroxylation sites is 1. The Morgan fingerprint density at radius 3 is 2.71 bits per heavy atom. The van der Waals surface area contributed by atoms with E-state index >= 15 is 0 Å². The summed E-state index contributed by atoms with van der Waals surface area (Å²) < 4.78 is 4.89. The molecule has 0 spiro atoms. The quantitative estimate of drug-likeness (QED) is 0.752. The van der Waals surface area contributed by atoms with E-state index < -0.39 is 5.41 Å². The SMILES string of the molecule is COC(=O)C1=CCC2C(=C1)N(CC1CCN(c3ccccc3)C1)C(=O)C2(C)C. The lowest BCUT2D eigenvalue weighted by atomic mass is 9.76. The van der Waals surface area contributed by atoms with Crippen LogP contribution in [0.15, 0.2) is 53.8 Å². The molecule has 0 radical (unpaired) electrons. The number of ether oxygens (including phenoxy) is 1. The number of anilines is 1. The molecule has 2 atom stereocenters. The molecule has 4 rings (SSSR count). The summed E-state index contributed by atoms with van der Waals surface area (Å²) in [6.07, 6.45) is 5.55. The number of allylic oxidation sites excluding steroid dienone is 2. The van der Waals surface area contributed by atoms with Crippen molar-refractivity contribution >= 4 is 17.6 Å². The number of carbonyl (C=O) groups excluding carboxylic acids is 2. The van der Waals surface area contributed by atoms with E-state index in [2.05, 4.69) is 29.2 Å². The van der Waals surface area contributed by atoms with Crippen LogP contribution in [0.5, 0.6) is 0 Å². The van der Waals surface area contributed by atoms with Crippen LogP contribution >= 0.6 is 0 Å². The van der Waals surface area contributed by atoms with Crippen LogP contribution in [0.3, 0.4) is 0 Å². The fourth-order valence-corrected chi connectivity index (χ4v) is 4.79. The van der Waals surface area contributed by atoms with Crippen molar-refractivity contribution in [1.82, 2.24) is 4.90 Å². The minimum absolute atomic E-state index is 0.125. The van der Waals surface area contributed by atoms with Gasteiger partial charge in [0.2, 0.25) is 5.91 Å². The lowest BCUT2D eigenvalue weighted by Gasteiger charge is -2.26. The maximum absolute atomic E-state index is 13.2. The third-order valence-electron chi connectivity index (χ3n) is 6.48. The molecule has 1 amide bonds. The van der Waals surface area contributed by atoms with Crippen molar-refractivity contribution in [1.29, 1.82) is 0 Å². The lowest BCUT2D eigenvalue weighted by Crippen LogP contribution is -2.35. The Morgan fingerprint density at radius 1 is 1.25 bits per heavy atom. The number of rotatable bonds is 4. The number of nitrogens with zero attached hydrogens (tertiary/aromatic N) is 2. The van der Waals surface area contributed by atoms with E-state index in [4.69, 9.17) is 4.74 Å². The van der Waals surface area contributed by atoms with Crippen LogP contribution in [0.4, 0.5) is 5.69 Å². The molecule has 0 saturated carbocycles. The summed E-state index contributed by atoms with van der Waals surface area (Å²) in [7, 11) is 1.39. The number of likely N-dealkylation sites (tertiary alicyclic amines) is 1. The van der Waals surface area contributed by atoms with Crippen LogP contribution in [-0.2, 0) is 14.3 Å². The van der Waals surface area contributed by atoms with Crippen LogP contribution < -0.4 is 4.90 Å². The zero-order valence-electron chi connectivity index (χ0n) is 16.9. The van der Waals surface area contributed by atoms with Gasteiger partial charge in [-0.1, -0.05) is 38.1 Å². The summed E-state index contributed by atoms with van der Waals surface area (Å²) >= 11 is 0. The van der Waals surface area contributed by atoms with Gasteiger partial charge in [-0.2, -0.15) is 0 Å². The minimum Gasteiger partial charge on any atom is -0.465 e. The van der Waals surface area contributed by atoms with Gasteiger partial charge in [0, 0.05) is 36.9 Å². The molecule has 3 aliphatic rings. The maximum Gasteiger partial charge on any atom is 0.337 e. The van der Waals surface area contributed by atoms with Gasteiger partial charge in [0.25, 0.3) is 0 Å². The Kier molecular flexibility index (Phi) is 4.77. The van der Waals surface area contributed by atoms with E-state index in [-0.39, 0.29) is 17.8 Å². The Hall–Kier alpha value is -2.56. The first kappa shape index (κ1) is 18.8. The number of hydrogen-bond donors (Lipinski definition) is 0. The van der Waals surface area contributed by atoms with Crippen molar-refractivity contribution in [3.63, 3.8) is 0 Å². The van der Waals surface area contributed by atoms with Gasteiger partial charge in [-0.05, 0) is 37.0 Å². The predicted molar refractivity (Wildman–Crippen MR) is 109 cm³/mol. The number of hydrogen-bond acceptors (Lipinski definition) is 4. The van der Waals surface area contributed by atoms with E-state index in [1.54, 1.807) is 0 Å². The average Bonchev–Trinajstić information content (AvgIpc) is 3.26. The first-order valence-electron chi connectivity index (χ1n) is 10.0. The monoisotopic (exact) mass is 380 g/mol. The van der Waals surface area contributed by atoms with Crippen molar-refractivity contribution in [3.05, 3.63) is 53.8 Å². The number of carbonyl (C=O) groups is 2. The molecule has 0 bridgehead atoms. The number of methoxy groups -OCH3 is 1. The first-order valence-corrected chi connectivity index (χ1v) is 10.0. The van der Waals surface area contributed by atoms with Gasteiger partial charge in [0.1, 0.15) is 0 Å². The molecule has 2 fully saturated rings. The van der Waals surface area contributed by atoms with Gasteiger partial charge in [-0.25, -0.2) is 4.79 Å². The van der Waals surface area contributed by atoms with E-state index in [9.17, 15) is 9.59 Å². The Morgan fingerprint density at radius 2 is 2.00 bits per heavy atom. The highest BCUT2D eigenvalue weighted by Gasteiger charge is 2.51. The largest absolute Gasteiger partial charge is 0.465 e. The van der Waals surface area contributed by atoms with E-state index in [0.29, 0.717) is 24.5 Å². The third kappa shape index (κ3) is 3.13. The van der Waals surface area contributed by atoms with E-state index in [0.717, 1.165) is 25.2 Å². The summed E-state index contributed by atoms with van der Waals surface area (Å²) in [6, 6.07) is 10.4. The highest BCUT2D eigenvalue weighted by Crippen LogP contribution is 2.48. The van der Waals surface area contributed by atoms with Gasteiger partial charge in [-0.3, -0.25) is 4.79 Å². The molecule has 1 aromatic rings. The average molecular weight is 380 g/mol. The summed E-state index contributed by atoms with van der Waals surface area (Å²) in [6.45, 7) is 6.72. The molecule has 0 N–H and O–H groups in total. The normalized spacial score (nSPS) is 26.0. The fraction of sp³-hybridized carbons (Fsp3) is 0.478. The van der Waals surface area contributed by atoms with Crippen molar-refractivity contribution in [2.75, 3.05) is 31.6 Å². The topological polar surface area (TPSA) is 49.9 Å². The summed E-state index contributed by atoms with van der Waals surface area (Å²) in [4.78, 5) is 29.6. The van der Waals surface area contributed by atoms with E-state index in [1.807, 2.05) is 37.0 Å². The number of fused-ring (bicyclic) bond motifs is 1. The molecule has 2 aliphatic heterocycles. The third-order valence-corrected chi connectivity index (χ3v) is 6.48. The molecule has 1 aliphatic carbocycles. The van der Waals surface area contributed by atoms with Crippen molar-refractivity contribution < 1.29 is 14.3 Å². The summed E-state index contributed by atoms with van der Waals surface area (Å²) in [5.41, 5.74) is 2.34. The number of amides is 1. The van der Waals surface area contributed by atoms with Crippen LogP contribution in [0.25, 0.3) is 0 Å². The predicted octanol–water partition coefficient (Wildman–Crippen LogP) is 3.38. The fourth-order valence-electron chi connectivity index (χ4n) is 4.79. The molecule has 148 valence electrons. The Labute approximate surface area is 166 Å². The molecule has 28 heavy (non-hydrogen) atoms. The summed E-state index contributed by atoms with van der Waals surface area (Å²) in [5.74, 6) is 0.382. The van der Waals surface area contributed by atoms with Crippen LogP contribution in [0, 0.1) is 17.3 Å². The number of benzene rings is 1. The zero-order chi connectivity index (χ0) is 19.9. The van der Waals surface area contributed by atoms with Crippen LogP contribution in [0.2, 0.25) is 0 Å².